The number of hydrogen-bond acceptors (Lipinski definition) is 4. The molecular weight excluding hydrogens is 504 g/mol. The molecule has 0 aliphatic carbocycles. The molecule has 0 fully saturated rings. The average molecular weight is 522 g/mol. The molecule has 0 saturated carbocycles. The van der Waals surface area contributed by atoms with Crippen molar-refractivity contribution in [3.05, 3.63) is 94.5 Å². The van der Waals surface area contributed by atoms with Gasteiger partial charge in [-0.2, -0.15) is 0 Å². The first-order valence-electron chi connectivity index (χ1n) is 10.0. The Labute approximate surface area is 203 Å². The lowest BCUT2D eigenvalue weighted by Crippen LogP contribution is -2.18. The first-order valence-corrected chi connectivity index (χ1v) is 12.7. The van der Waals surface area contributed by atoms with Crippen LogP contribution in [0.25, 0.3) is 21.3 Å². The second-order valence-electron chi connectivity index (χ2n) is 7.54. The second-order valence-corrected chi connectivity index (χ2v) is 11.0. The fourth-order valence-corrected chi connectivity index (χ4v) is 6.95. The van der Waals surface area contributed by atoms with Crippen molar-refractivity contribution in [3.63, 3.8) is 0 Å². The van der Waals surface area contributed by atoms with Gasteiger partial charge in [0.15, 0.2) is 0 Å². The highest BCUT2D eigenvalue weighted by Crippen LogP contribution is 2.38. The van der Waals surface area contributed by atoms with Crippen LogP contribution in [0, 0.1) is 11.6 Å². The van der Waals surface area contributed by atoms with E-state index in [1.165, 1.54) is 47.9 Å². The molecule has 10 heteroatoms. The molecule has 0 aliphatic heterocycles. The normalized spacial score (nSPS) is 12.7. The number of carboxylic acid groups (broad SMARTS) is 1. The van der Waals surface area contributed by atoms with Crippen LogP contribution < -0.4 is 0 Å². The second kappa shape index (κ2) is 9.32. The maximum atomic E-state index is 13.9. The van der Waals surface area contributed by atoms with Crippen molar-refractivity contribution < 1.29 is 27.1 Å². The number of rotatable bonds is 8. The summed E-state index contributed by atoms with van der Waals surface area (Å²) >= 11 is 7.08. The Morgan fingerprint density at radius 1 is 1.18 bits per heavy atom. The Morgan fingerprint density at radius 3 is 2.62 bits per heavy atom. The van der Waals surface area contributed by atoms with Gasteiger partial charge in [0.25, 0.3) is 10.0 Å². The summed E-state index contributed by atoms with van der Waals surface area (Å²) in [5, 5.41) is 8.19. The molecule has 1 N–H and O–H groups in total. The van der Waals surface area contributed by atoms with Crippen LogP contribution in [0.15, 0.2) is 67.4 Å². The van der Waals surface area contributed by atoms with Crippen molar-refractivity contribution in [3.8, 4) is 10.4 Å². The predicted octanol–water partition coefficient (Wildman–Crippen LogP) is 6.42. The molecule has 34 heavy (non-hydrogen) atoms. The summed E-state index contributed by atoms with van der Waals surface area (Å²) in [5.41, 5.74) is 1.30. The lowest BCUT2D eigenvalue weighted by atomic mass is 10.1. The van der Waals surface area contributed by atoms with Gasteiger partial charge in [-0.15, -0.1) is 17.9 Å². The van der Waals surface area contributed by atoms with Gasteiger partial charge in [-0.3, -0.25) is 4.79 Å². The molecule has 0 amide bonds. The maximum Gasteiger partial charge on any atom is 0.303 e. The highest BCUT2D eigenvalue weighted by Gasteiger charge is 2.30. The minimum Gasteiger partial charge on any atom is -0.481 e. The summed E-state index contributed by atoms with van der Waals surface area (Å²) < 4.78 is 55.8. The molecule has 4 rings (SSSR count). The summed E-state index contributed by atoms with van der Waals surface area (Å²) in [7, 11) is -4.09. The van der Waals surface area contributed by atoms with Gasteiger partial charge in [0, 0.05) is 27.8 Å². The Balaban J connectivity index is 1.78. The molecule has 0 aliphatic rings. The van der Waals surface area contributed by atoms with E-state index in [9.17, 15) is 22.0 Å². The van der Waals surface area contributed by atoms with Crippen LogP contribution >= 0.6 is 22.9 Å². The SMILES string of the molecule is C=CC(c1ccc(-c2ccc(F)c(Cl)c2)s1)S(=O)(=O)n1cc(CCC(=O)O)c2cc(F)ccc21. The monoisotopic (exact) mass is 521 g/mol. The molecule has 5 nitrogen and oxygen atoms in total. The third-order valence-electron chi connectivity index (χ3n) is 5.34. The minimum absolute atomic E-state index is 0.0414. The Bertz CT molecular complexity index is 1530. The highest BCUT2D eigenvalue weighted by atomic mass is 35.5. The van der Waals surface area contributed by atoms with Crippen LogP contribution in [0.2, 0.25) is 5.02 Å². The Hall–Kier alpha value is -3.01. The number of benzene rings is 2. The Morgan fingerprint density at radius 2 is 1.94 bits per heavy atom. The molecule has 2 aromatic heterocycles. The minimum atomic E-state index is -4.09. The lowest BCUT2D eigenvalue weighted by Gasteiger charge is -2.14. The lowest BCUT2D eigenvalue weighted by molar-refractivity contribution is -0.136. The third-order valence-corrected chi connectivity index (χ3v) is 8.94. The molecule has 1 atom stereocenters. The maximum absolute atomic E-state index is 13.9. The van der Waals surface area contributed by atoms with Crippen molar-refractivity contribution in [2.24, 2.45) is 0 Å². The third kappa shape index (κ3) is 4.51. The number of carbonyl (C=O) groups is 1. The van der Waals surface area contributed by atoms with Gasteiger partial charge in [0.2, 0.25) is 0 Å². The smallest absolute Gasteiger partial charge is 0.303 e. The highest BCUT2D eigenvalue weighted by molar-refractivity contribution is 7.90. The summed E-state index contributed by atoms with van der Waals surface area (Å²) in [5.74, 6) is -2.15. The molecule has 1 unspecified atom stereocenters. The van der Waals surface area contributed by atoms with E-state index in [2.05, 4.69) is 6.58 Å². The Kier molecular flexibility index (Phi) is 6.62. The van der Waals surface area contributed by atoms with Crippen molar-refractivity contribution in [2.45, 2.75) is 18.1 Å². The number of nitrogens with zero attached hydrogens (tertiary/aromatic N) is 1. The van der Waals surface area contributed by atoms with E-state index in [1.54, 1.807) is 18.2 Å². The molecular formula is C24H18ClF2NO4S2. The number of hydrogen-bond donors (Lipinski definition) is 1. The van der Waals surface area contributed by atoms with Crippen LogP contribution in [0.4, 0.5) is 8.78 Å². The number of aliphatic carboxylic acids is 1. The number of aromatic nitrogens is 1. The average Bonchev–Trinajstić information content (AvgIpc) is 3.40. The zero-order valence-electron chi connectivity index (χ0n) is 17.5. The van der Waals surface area contributed by atoms with Gasteiger partial charge in [-0.1, -0.05) is 23.7 Å². The molecule has 2 heterocycles. The number of carboxylic acids is 1. The molecule has 0 saturated heterocycles. The van der Waals surface area contributed by atoms with E-state index in [4.69, 9.17) is 16.7 Å². The summed E-state index contributed by atoms with van der Waals surface area (Å²) in [4.78, 5) is 12.2. The van der Waals surface area contributed by atoms with Crippen molar-refractivity contribution in [1.29, 1.82) is 0 Å². The quantitative estimate of drug-likeness (QED) is 0.271. The van der Waals surface area contributed by atoms with E-state index in [1.807, 2.05) is 0 Å². The van der Waals surface area contributed by atoms with Gasteiger partial charge in [-0.05, 0) is 60.0 Å². The summed E-state index contributed by atoms with van der Waals surface area (Å²) in [6.45, 7) is 3.70. The summed E-state index contributed by atoms with van der Waals surface area (Å²) in [6, 6.07) is 11.3. The number of aryl methyl sites for hydroxylation is 1. The zero-order chi connectivity index (χ0) is 24.6. The van der Waals surface area contributed by atoms with Crippen LogP contribution in [0.5, 0.6) is 0 Å². The van der Waals surface area contributed by atoms with Crippen molar-refractivity contribution >= 4 is 49.8 Å². The number of thiophene rings is 1. The van der Waals surface area contributed by atoms with Crippen LogP contribution in [-0.4, -0.2) is 23.5 Å². The molecule has 0 spiro atoms. The first kappa shape index (κ1) is 24.1. The van der Waals surface area contributed by atoms with Gasteiger partial charge < -0.3 is 5.11 Å². The van der Waals surface area contributed by atoms with Gasteiger partial charge in [0.1, 0.15) is 16.9 Å². The van der Waals surface area contributed by atoms with Crippen LogP contribution in [0.3, 0.4) is 0 Å². The molecule has 4 aromatic rings. The van der Waals surface area contributed by atoms with Gasteiger partial charge >= 0.3 is 5.97 Å². The van der Waals surface area contributed by atoms with E-state index in [0.717, 1.165) is 10.0 Å². The van der Waals surface area contributed by atoms with Gasteiger partial charge in [-0.25, -0.2) is 21.2 Å². The largest absolute Gasteiger partial charge is 0.481 e. The number of halogens is 3. The van der Waals surface area contributed by atoms with Gasteiger partial charge in [0.05, 0.1) is 10.5 Å². The van der Waals surface area contributed by atoms with E-state index in [-0.39, 0.29) is 23.4 Å². The summed E-state index contributed by atoms with van der Waals surface area (Å²) in [6.07, 6.45) is 2.46. The number of fused-ring (bicyclic) bond motifs is 1. The van der Waals surface area contributed by atoms with E-state index >= 15 is 0 Å². The molecule has 2 aromatic carbocycles. The standard InChI is InChI=1S/C24H18ClF2NO4S2/c1-2-23(22-9-8-21(33-22)14-3-6-19(27)18(25)11-14)34(31,32)28-13-15(4-10-24(29)30)17-12-16(26)5-7-20(17)28/h2-3,5-9,11-13,23H,1,4,10H2,(H,29,30). The fraction of sp³-hybridized carbons (Fsp3) is 0.125. The fourth-order valence-electron chi connectivity index (χ4n) is 3.71. The van der Waals surface area contributed by atoms with Crippen molar-refractivity contribution in [2.75, 3.05) is 0 Å². The predicted molar refractivity (Wildman–Crippen MR) is 130 cm³/mol. The first-order chi connectivity index (χ1) is 16.1. The molecule has 0 bridgehead atoms. The molecule has 176 valence electrons. The topological polar surface area (TPSA) is 76.4 Å². The van der Waals surface area contributed by atoms with Crippen molar-refractivity contribution in [1.82, 2.24) is 3.97 Å². The van der Waals surface area contributed by atoms with Crippen LogP contribution in [0.1, 0.15) is 22.1 Å². The zero-order valence-corrected chi connectivity index (χ0v) is 19.9. The van der Waals surface area contributed by atoms with E-state index in [0.29, 0.717) is 26.3 Å². The van der Waals surface area contributed by atoms with Crippen LogP contribution in [-0.2, 0) is 21.2 Å². The van der Waals surface area contributed by atoms with E-state index < -0.39 is 32.9 Å². The molecule has 0 radical (unpaired) electrons.